The van der Waals surface area contributed by atoms with Gasteiger partial charge in [-0.3, -0.25) is 0 Å². The number of nitrogens with zero attached hydrogens (tertiary/aromatic N) is 5. The number of ether oxygens (including phenoxy) is 2. The van der Waals surface area contributed by atoms with Crippen LogP contribution in [0.5, 0.6) is 6.01 Å². The first-order valence-electron chi connectivity index (χ1n) is 11.8. The van der Waals surface area contributed by atoms with E-state index >= 15 is 0 Å². The minimum Gasteiger partial charge on any atom is -0.459 e. The summed E-state index contributed by atoms with van der Waals surface area (Å²) in [5.74, 6) is 0. The van der Waals surface area contributed by atoms with E-state index in [1.165, 1.54) is 6.33 Å². The van der Waals surface area contributed by atoms with Crippen molar-refractivity contribution in [1.29, 1.82) is 0 Å². The van der Waals surface area contributed by atoms with Gasteiger partial charge in [0.15, 0.2) is 5.65 Å². The van der Waals surface area contributed by atoms with Crippen molar-refractivity contribution in [3.8, 4) is 34.1 Å². The average molecular weight is 519 g/mol. The summed E-state index contributed by atoms with van der Waals surface area (Å²) in [6.07, 6.45) is 1.70. The molecular formula is C26H23ClN6O4. The quantitative estimate of drug-likeness (QED) is 0.311. The number of imidazole rings is 1. The summed E-state index contributed by atoms with van der Waals surface area (Å²) in [5, 5.41) is 23.9. The van der Waals surface area contributed by atoms with Crippen LogP contribution >= 0.6 is 11.6 Å². The standard InChI is InChI=1S/C26H23ClN6O4/c27-20-10-21-25(32-26(30-21)37-19-9-22(35)23(11-34)36-12-19)31-24(20)17-3-1-15(2-4-17)16-5-7-18(8-6-16)33-14-28-13-29-33/h1-8,10,13-14,19,22-23,34-35H,9,11-12H2,(H,30,31,32). The largest absolute Gasteiger partial charge is 0.459 e. The third-order valence-electron chi connectivity index (χ3n) is 6.34. The van der Waals surface area contributed by atoms with Gasteiger partial charge < -0.3 is 24.7 Å². The van der Waals surface area contributed by atoms with Gasteiger partial charge in [-0.15, -0.1) is 0 Å². The van der Waals surface area contributed by atoms with Crippen LogP contribution in [-0.2, 0) is 4.74 Å². The normalized spacial score (nSPS) is 19.8. The molecule has 0 bridgehead atoms. The number of aliphatic hydroxyl groups excluding tert-OH is 2. The highest BCUT2D eigenvalue weighted by Gasteiger charge is 2.31. The lowest BCUT2D eigenvalue weighted by Gasteiger charge is -2.31. The molecule has 0 aliphatic carbocycles. The number of fused-ring (bicyclic) bond motifs is 1. The topological polar surface area (TPSA) is 131 Å². The van der Waals surface area contributed by atoms with Gasteiger partial charge in [0.05, 0.1) is 41.2 Å². The van der Waals surface area contributed by atoms with Crippen molar-refractivity contribution in [3.63, 3.8) is 0 Å². The highest BCUT2D eigenvalue weighted by molar-refractivity contribution is 6.33. The Labute approximate surface area is 216 Å². The second-order valence-corrected chi connectivity index (χ2v) is 9.20. The number of aromatic amines is 1. The third kappa shape index (κ3) is 4.79. The van der Waals surface area contributed by atoms with Crippen LogP contribution in [0.1, 0.15) is 6.42 Å². The Kier molecular flexibility index (Phi) is 6.31. The fraction of sp³-hybridized carbons (Fsp3) is 0.231. The Morgan fingerprint density at radius 1 is 1.05 bits per heavy atom. The zero-order valence-electron chi connectivity index (χ0n) is 19.5. The van der Waals surface area contributed by atoms with Gasteiger partial charge in [-0.2, -0.15) is 10.1 Å². The first kappa shape index (κ1) is 23.6. The molecule has 1 saturated heterocycles. The fourth-order valence-electron chi connectivity index (χ4n) is 4.37. The minimum atomic E-state index is -0.804. The molecule has 1 fully saturated rings. The van der Waals surface area contributed by atoms with Gasteiger partial charge in [0.1, 0.15) is 24.9 Å². The number of nitrogens with one attached hydrogen (secondary N) is 1. The van der Waals surface area contributed by atoms with E-state index in [0.29, 0.717) is 28.3 Å². The highest BCUT2D eigenvalue weighted by Crippen LogP contribution is 2.31. The molecule has 37 heavy (non-hydrogen) atoms. The number of halogens is 1. The van der Waals surface area contributed by atoms with Crippen LogP contribution in [0.4, 0.5) is 0 Å². The lowest BCUT2D eigenvalue weighted by molar-refractivity contribution is -0.131. The van der Waals surface area contributed by atoms with Crippen molar-refractivity contribution in [1.82, 2.24) is 29.7 Å². The number of pyridine rings is 1. The van der Waals surface area contributed by atoms with Crippen LogP contribution in [0, 0.1) is 0 Å². The second kappa shape index (κ2) is 9.91. The van der Waals surface area contributed by atoms with Crippen molar-refractivity contribution in [2.75, 3.05) is 13.2 Å². The summed E-state index contributed by atoms with van der Waals surface area (Å²) >= 11 is 6.57. The minimum absolute atomic E-state index is 0.235. The molecule has 5 aromatic rings. The van der Waals surface area contributed by atoms with Crippen LogP contribution < -0.4 is 4.74 Å². The maximum absolute atomic E-state index is 10.1. The summed E-state index contributed by atoms with van der Waals surface area (Å²) < 4.78 is 13.0. The molecule has 0 amide bonds. The molecule has 3 unspecified atom stereocenters. The molecule has 10 nitrogen and oxygen atoms in total. The zero-order chi connectivity index (χ0) is 25.4. The molecule has 0 radical (unpaired) electrons. The maximum atomic E-state index is 10.1. The van der Waals surface area contributed by atoms with Crippen LogP contribution in [0.3, 0.4) is 0 Å². The lowest BCUT2D eigenvalue weighted by atomic mass is 10.0. The zero-order valence-corrected chi connectivity index (χ0v) is 20.3. The number of aromatic nitrogens is 6. The third-order valence-corrected chi connectivity index (χ3v) is 6.62. The number of hydrogen-bond donors (Lipinski definition) is 3. The van der Waals surface area contributed by atoms with Gasteiger partial charge in [0.25, 0.3) is 6.01 Å². The molecule has 3 N–H and O–H groups in total. The lowest BCUT2D eigenvalue weighted by Crippen LogP contribution is -2.45. The number of aliphatic hydroxyl groups is 2. The van der Waals surface area contributed by atoms with E-state index in [1.54, 1.807) is 17.1 Å². The molecule has 0 spiro atoms. The van der Waals surface area contributed by atoms with Gasteiger partial charge >= 0.3 is 0 Å². The average Bonchev–Trinajstić information content (AvgIpc) is 3.59. The molecule has 1 aliphatic heterocycles. The Morgan fingerprint density at radius 3 is 2.46 bits per heavy atom. The van der Waals surface area contributed by atoms with Gasteiger partial charge in [-0.25, -0.2) is 14.6 Å². The summed E-state index contributed by atoms with van der Waals surface area (Å²) in [7, 11) is 0. The fourth-order valence-corrected chi connectivity index (χ4v) is 4.63. The Hall–Kier alpha value is -3.83. The van der Waals surface area contributed by atoms with E-state index in [0.717, 1.165) is 22.4 Å². The predicted octanol–water partition coefficient (Wildman–Crippen LogP) is 3.42. The molecule has 11 heteroatoms. The summed E-state index contributed by atoms with van der Waals surface area (Å²) in [6, 6.07) is 18.1. The van der Waals surface area contributed by atoms with Crippen molar-refractivity contribution < 1.29 is 19.7 Å². The molecule has 188 valence electrons. The molecule has 4 heterocycles. The van der Waals surface area contributed by atoms with E-state index in [1.807, 2.05) is 48.5 Å². The van der Waals surface area contributed by atoms with Crippen LogP contribution in [0.15, 0.2) is 67.3 Å². The summed E-state index contributed by atoms with van der Waals surface area (Å²) in [5.41, 5.74) is 5.64. The smallest absolute Gasteiger partial charge is 0.296 e. The number of rotatable bonds is 6. The van der Waals surface area contributed by atoms with Gasteiger partial charge in [-0.1, -0.05) is 48.0 Å². The highest BCUT2D eigenvalue weighted by atomic mass is 35.5. The first-order valence-corrected chi connectivity index (χ1v) is 12.1. The Balaban J connectivity index is 1.20. The van der Waals surface area contributed by atoms with Crippen LogP contribution in [-0.4, -0.2) is 71.5 Å². The number of H-pyrrole nitrogens is 1. The SMILES string of the molecule is OCC1OCC(Oc2nc3nc(-c4ccc(-c5ccc(-n6cncn6)cc5)cc4)c(Cl)cc3[nH]2)CC1O. The molecule has 0 saturated carbocycles. The van der Waals surface area contributed by atoms with Crippen molar-refractivity contribution >= 4 is 22.8 Å². The number of benzene rings is 2. The van der Waals surface area contributed by atoms with Crippen molar-refractivity contribution in [2.24, 2.45) is 0 Å². The van der Waals surface area contributed by atoms with E-state index in [2.05, 4.69) is 25.0 Å². The van der Waals surface area contributed by atoms with Gasteiger partial charge in [0.2, 0.25) is 0 Å². The maximum Gasteiger partial charge on any atom is 0.296 e. The van der Waals surface area contributed by atoms with Crippen molar-refractivity contribution in [3.05, 3.63) is 72.3 Å². The first-order chi connectivity index (χ1) is 18.1. The van der Waals surface area contributed by atoms with Crippen molar-refractivity contribution in [2.45, 2.75) is 24.7 Å². The summed E-state index contributed by atoms with van der Waals surface area (Å²) in [4.78, 5) is 16.2. The molecule has 3 atom stereocenters. The van der Waals surface area contributed by atoms with E-state index in [4.69, 9.17) is 21.1 Å². The monoisotopic (exact) mass is 518 g/mol. The predicted molar refractivity (Wildman–Crippen MR) is 137 cm³/mol. The van der Waals surface area contributed by atoms with Crippen LogP contribution in [0.2, 0.25) is 5.02 Å². The molecular weight excluding hydrogens is 496 g/mol. The Bertz CT molecular complexity index is 1510. The molecule has 2 aromatic carbocycles. The van der Waals surface area contributed by atoms with E-state index in [9.17, 15) is 10.2 Å². The number of hydrogen-bond acceptors (Lipinski definition) is 8. The second-order valence-electron chi connectivity index (χ2n) is 8.79. The van der Waals surface area contributed by atoms with E-state index < -0.39 is 18.3 Å². The summed E-state index contributed by atoms with van der Waals surface area (Å²) in [6.45, 7) is 0.00920. The van der Waals surface area contributed by atoms with Gasteiger partial charge in [0, 0.05) is 12.0 Å². The van der Waals surface area contributed by atoms with Crippen LogP contribution in [0.25, 0.3) is 39.2 Å². The molecule has 1 aliphatic rings. The van der Waals surface area contributed by atoms with Gasteiger partial charge in [-0.05, 0) is 29.3 Å². The van der Waals surface area contributed by atoms with E-state index in [-0.39, 0.29) is 19.2 Å². The molecule has 3 aromatic heterocycles. The molecule has 6 rings (SSSR count). The Morgan fingerprint density at radius 2 is 1.78 bits per heavy atom.